The number of methoxy groups -OCH3 is 2. The molecular weight excluding hydrogens is 440 g/mol. The molecule has 3 aromatic rings. The minimum absolute atomic E-state index is 0.0176. The summed E-state index contributed by atoms with van der Waals surface area (Å²) < 4.78 is 66.3. The van der Waals surface area contributed by atoms with Crippen LogP contribution in [0.2, 0.25) is 0 Å². The first-order chi connectivity index (χ1) is 14.6. The van der Waals surface area contributed by atoms with Crippen molar-refractivity contribution in [2.75, 3.05) is 18.9 Å². The van der Waals surface area contributed by atoms with Crippen molar-refractivity contribution in [1.29, 1.82) is 0 Å². The smallest absolute Gasteiger partial charge is 0.262 e. The van der Waals surface area contributed by atoms with Crippen LogP contribution in [0.25, 0.3) is 10.8 Å². The van der Waals surface area contributed by atoms with Crippen LogP contribution in [0, 0.1) is 0 Å². The molecule has 0 saturated carbocycles. The van der Waals surface area contributed by atoms with E-state index in [9.17, 15) is 16.8 Å². The van der Waals surface area contributed by atoms with Gasteiger partial charge in [0.2, 0.25) is 10.0 Å². The molecule has 0 aromatic heterocycles. The molecular formula is C21H24N2O6S2. The normalized spacial score (nSPS) is 12.2. The summed E-state index contributed by atoms with van der Waals surface area (Å²) in [5.74, 6) is 0.858. The van der Waals surface area contributed by atoms with Gasteiger partial charge in [0.15, 0.2) is 0 Å². The number of ether oxygens (including phenoxy) is 2. The van der Waals surface area contributed by atoms with Gasteiger partial charge in [-0.2, -0.15) is 0 Å². The van der Waals surface area contributed by atoms with Gasteiger partial charge >= 0.3 is 0 Å². The minimum atomic E-state index is -4.01. The molecule has 3 aromatic carbocycles. The Balaban J connectivity index is 2.00. The Kier molecular flexibility index (Phi) is 6.44. The van der Waals surface area contributed by atoms with Gasteiger partial charge in [-0.15, -0.1) is 0 Å². The highest BCUT2D eigenvalue weighted by atomic mass is 32.2. The molecule has 8 nitrogen and oxygen atoms in total. The molecule has 0 aliphatic rings. The van der Waals surface area contributed by atoms with Gasteiger partial charge in [0.25, 0.3) is 10.0 Å². The van der Waals surface area contributed by atoms with Crippen LogP contribution in [0.4, 0.5) is 5.69 Å². The molecule has 0 spiro atoms. The van der Waals surface area contributed by atoms with E-state index in [1.54, 1.807) is 45.2 Å². The van der Waals surface area contributed by atoms with Gasteiger partial charge in [0, 0.05) is 6.04 Å². The topological polar surface area (TPSA) is 111 Å². The maximum atomic E-state index is 13.0. The number of benzene rings is 3. The van der Waals surface area contributed by atoms with Crippen molar-refractivity contribution in [2.45, 2.75) is 29.7 Å². The average molecular weight is 465 g/mol. The van der Waals surface area contributed by atoms with E-state index in [0.717, 1.165) is 5.39 Å². The van der Waals surface area contributed by atoms with E-state index in [1.807, 2.05) is 0 Å². The average Bonchev–Trinajstić information content (AvgIpc) is 2.71. The lowest BCUT2D eigenvalue weighted by Gasteiger charge is -2.15. The van der Waals surface area contributed by atoms with E-state index in [0.29, 0.717) is 11.1 Å². The van der Waals surface area contributed by atoms with Crippen molar-refractivity contribution in [1.82, 2.24) is 4.72 Å². The summed E-state index contributed by atoms with van der Waals surface area (Å²) in [7, 11) is -4.90. The highest BCUT2D eigenvalue weighted by molar-refractivity contribution is 7.92. The third-order valence-electron chi connectivity index (χ3n) is 4.45. The maximum absolute atomic E-state index is 13.0. The second kappa shape index (κ2) is 8.74. The van der Waals surface area contributed by atoms with Crippen LogP contribution >= 0.6 is 0 Å². The molecule has 166 valence electrons. The number of hydrogen-bond acceptors (Lipinski definition) is 6. The van der Waals surface area contributed by atoms with Crippen LogP contribution in [0.1, 0.15) is 13.8 Å². The summed E-state index contributed by atoms with van der Waals surface area (Å²) in [4.78, 5) is -0.0499. The van der Waals surface area contributed by atoms with Gasteiger partial charge in [0.05, 0.1) is 29.7 Å². The lowest BCUT2D eigenvalue weighted by molar-refractivity contribution is 0.415. The second-order valence-electron chi connectivity index (χ2n) is 7.12. The molecule has 31 heavy (non-hydrogen) atoms. The summed E-state index contributed by atoms with van der Waals surface area (Å²) in [6, 6.07) is 13.7. The summed E-state index contributed by atoms with van der Waals surface area (Å²) in [6.07, 6.45) is 0. The number of sulfonamides is 2. The van der Waals surface area contributed by atoms with Crippen LogP contribution in [0.3, 0.4) is 0 Å². The van der Waals surface area contributed by atoms with Crippen LogP contribution in [-0.2, 0) is 20.0 Å². The number of anilines is 1. The molecule has 0 aliphatic carbocycles. The molecule has 0 radical (unpaired) electrons. The lowest BCUT2D eigenvalue weighted by Crippen LogP contribution is -2.30. The summed E-state index contributed by atoms with van der Waals surface area (Å²) in [6.45, 7) is 3.39. The van der Waals surface area contributed by atoms with E-state index < -0.39 is 20.0 Å². The first-order valence-electron chi connectivity index (χ1n) is 9.37. The maximum Gasteiger partial charge on any atom is 0.262 e. The zero-order valence-electron chi connectivity index (χ0n) is 17.5. The fourth-order valence-electron chi connectivity index (χ4n) is 3.01. The molecule has 0 atom stereocenters. The molecule has 0 unspecified atom stereocenters. The van der Waals surface area contributed by atoms with Gasteiger partial charge in [-0.3, -0.25) is 4.72 Å². The van der Waals surface area contributed by atoms with Crippen molar-refractivity contribution in [3.8, 4) is 11.5 Å². The summed E-state index contributed by atoms with van der Waals surface area (Å²) in [5.41, 5.74) is 0.0176. The predicted molar refractivity (Wildman–Crippen MR) is 120 cm³/mol. The highest BCUT2D eigenvalue weighted by Crippen LogP contribution is 2.31. The van der Waals surface area contributed by atoms with Gasteiger partial charge in [0.1, 0.15) is 11.5 Å². The molecule has 0 saturated heterocycles. The monoisotopic (exact) mass is 464 g/mol. The summed E-state index contributed by atoms with van der Waals surface area (Å²) >= 11 is 0. The minimum Gasteiger partial charge on any atom is -0.497 e. The van der Waals surface area contributed by atoms with Gasteiger partial charge < -0.3 is 9.47 Å². The van der Waals surface area contributed by atoms with E-state index in [-0.39, 0.29) is 27.3 Å². The van der Waals surface area contributed by atoms with E-state index in [2.05, 4.69) is 9.44 Å². The molecule has 0 bridgehead atoms. The molecule has 0 fully saturated rings. The fourth-order valence-corrected chi connectivity index (χ4v) is 5.39. The van der Waals surface area contributed by atoms with Gasteiger partial charge in [-0.1, -0.05) is 12.1 Å². The van der Waals surface area contributed by atoms with E-state index in [4.69, 9.17) is 9.47 Å². The van der Waals surface area contributed by atoms with Crippen LogP contribution in [-0.4, -0.2) is 37.1 Å². The molecule has 3 rings (SSSR count). The lowest BCUT2D eigenvalue weighted by atomic mass is 10.1. The molecule has 0 aliphatic heterocycles. The fraction of sp³-hybridized carbons (Fsp3) is 0.238. The predicted octanol–water partition coefficient (Wildman–Crippen LogP) is 3.34. The SMILES string of the molecule is COc1ccc2cc(S(=O)(=O)Nc3cc(S(=O)(=O)NC(C)C)ccc3OC)ccc2c1. The Morgan fingerprint density at radius 2 is 1.35 bits per heavy atom. The number of nitrogens with one attached hydrogen (secondary N) is 2. The van der Waals surface area contributed by atoms with Crippen molar-refractivity contribution in [3.63, 3.8) is 0 Å². The van der Waals surface area contributed by atoms with Crippen LogP contribution in [0.5, 0.6) is 11.5 Å². The third-order valence-corrected chi connectivity index (χ3v) is 7.47. The zero-order chi connectivity index (χ0) is 22.8. The number of hydrogen-bond donors (Lipinski definition) is 2. The highest BCUT2D eigenvalue weighted by Gasteiger charge is 2.21. The Morgan fingerprint density at radius 1 is 0.742 bits per heavy atom. The molecule has 0 heterocycles. The van der Waals surface area contributed by atoms with E-state index >= 15 is 0 Å². The van der Waals surface area contributed by atoms with Crippen molar-refractivity contribution >= 4 is 36.5 Å². The zero-order valence-corrected chi connectivity index (χ0v) is 19.2. The first kappa shape index (κ1) is 22.9. The molecule has 10 heteroatoms. The second-order valence-corrected chi connectivity index (χ2v) is 10.5. The van der Waals surface area contributed by atoms with Crippen molar-refractivity contribution < 1.29 is 26.3 Å². The number of rotatable bonds is 8. The van der Waals surface area contributed by atoms with Crippen molar-refractivity contribution in [2.24, 2.45) is 0 Å². The van der Waals surface area contributed by atoms with Crippen LogP contribution in [0.15, 0.2) is 64.4 Å². The van der Waals surface area contributed by atoms with Gasteiger partial charge in [-0.05, 0) is 67.1 Å². The first-order valence-corrected chi connectivity index (χ1v) is 12.3. The van der Waals surface area contributed by atoms with Crippen LogP contribution < -0.4 is 18.9 Å². The standard InChI is InChI=1S/C21H24N2O6S2/c1-14(2)22-30(24,25)19-9-10-21(29-4)20(13-19)23-31(26,27)18-8-6-15-11-17(28-3)7-5-16(15)12-18/h5-14,22-23H,1-4H3. The van der Waals surface area contributed by atoms with Gasteiger partial charge in [-0.25, -0.2) is 21.6 Å². The Morgan fingerprint density at radius 3 is 2.00 bits per heavy atom. The summed E-state index contributed by atoms with van der Waals surface area (Å²) in [5, 5.41) is 1.54. The Hall–Kier alpha value is -2.82. The largest absolute Gasteiger partial charge is 0.497 e. The molecule has 2 N–H and O–H groups in total. The molecule has 0 amide bonds. The van der Waals surface area contributed by atoms with Crippen molar-refractivity contribution in [3.05, 3.63) is 54.6 Å². The quantitative estimate of drug-likeness (QED) is 0.529. The Bertz CT molecular complexity index is 1320. The third kappa shape index (κ3) is 5.09. The Labute approximate surface area is 182 Å². The van der Waals surface area contributed by atoms with E-state index in [1.165, 1.54) is 37.4 Å². The number of fused-ring (bicyclic) bond motifs is 1.